The van der Waals surface area contributed by atoms with E-state index in [0.29, 0.717) is 17.8 Å². The molecule has 0 saturated carbocycles. The number of hydrogen-bond donors (Lipinski definition) is 2. The molecule has 3 N–H and O–H groups in total. The minimum absolute atomic E-state index is 0.109. The van der Waals surface area contributed by atoms with E-state index in [1.807, 2.05) is 6.92 Å². The lowest BCUT2D eigenvalue weighted by Crippen LogP contribution is -2.24. The Morgan fingerprint density at radius 1 is 1.35 bits per heavy atom. The van der Waals surface area contributed by atoms with Crippen LogP contribution in [0.3, 0.4) is 0 Å². The Hall–Kier alpha value is -1.36. The molecule has 2 heterocycles. The van der Waals surface area contributed by atoms with Gasteiger partial charge >= 0.3 is 0 Å². The smallest absolute Gasteiger partial charge is 0.138 e. The lowest BCUT2D eigenvalue weighted by atomic mass is 9.95. The molecular formula is C15H26N4O. The number of nitrogens with zero attached hydrogens (tertiary/aromatic N) is 2. The average molecular weight is 278 g/mol. The van der Waals surface area contributed by atoms with Crippen molar-refractivity contribution in [2.45, 2.75) is 52.6 Å². The van der Waals surface area contributed by atoms with Gasteiger partial charge in [-0.05, 0) is 20.3 Å². The summed E-state index contributed by atoms with van der Waals surface area (Å²) in [6.07, 6.45) is 1.41. The van der Waals surface area contributed by atoms with Crippen molar-refractivity contribution in [3.05, 3.63) is 11.4 Å². The molecule has 5 heteroatoms. The zero-order chi connectivity index (χ0) is 14.9. The summed E-state index contributed by atoms with van der Waals surface area (Å²) in [4.78, 5) is 9.05. The van der Waals surface area contributed by atoms with Crippen LogP contribution in [-0.4, -0.2) is 29.2 Å². The van der Waals surface area contributed by atoms with Crippen molar-refractivity contribution in [2.24, 2.45) is 5.92 Å². The molecule has 2 unspecified atom stereocenters. The molecule has 1 fully saturated rings. The zero-order valence-electron chi connectivity index (χ0n) is 13.2. The Balaban J connectivity index is 2.16. The molecule has 0 aromatic carbocycles. The normalized spacial score (nSPS) is 23.1. The van der Waals surface area contributed by atoms with E-state index in [1.54, 1.807) is 0 Å². The first-order valence-electron chi connectivity index (χ1n) is 7.29. The summed E-state index contributed by atoms with van der Waals surface area (Å²) in [6.45, 7) is 12.1. The van der Waals surface area contributed by atoms with Crippen LogP contribution in [0.15, 0.2) is 0 Å². The van der Waals surface area contributed by atoms with Gasteiger partial charge in [-0.3, -0.25) is 0 Å². The summed E-state index contributed by atoms with van der Waals surface area (Å²) in [5.41, 5.74) is 6.83. The summed E-state index contributed by atoms with van der Waals surface area (Å²) in [5, 5.41) is 3.43. The molecule has 1 saturated heterocycles. The molecular weight excluding hydrogens is 252 g/mol. The first kappa shape index (κ1) is 15.0. The Bertz CT molecular complexity index is 481. The van der Waals surface area contributed by atoms with Crippen molar-refractivity contribution < 1.29 is 4.74 Å². The Morgan fingerprint density at radius 2 is 2.05 bits per heavy atom. The van der Waals surface area contributed by atoms with Crippen LogP contribution in [0.5, 0.6) is 0 Å². The molecule has 20 heavy (non-hydrogen) atoms. The minimum atomic E-state index is -0.109. The highest BCUT2D eigenvalue weighted by molar-refractivity contribution is 5.55. The van der Waals surface area contributed by atoms with Gasteiger partial charge in [0, 0.05) is 30.0 Å². The van der Waals surface area contributed by atoms with Crippen molar-refractivity contribution in [3.8, 4) is 0 Å². The maximum absolute atomic E-state index is 6.01. The standard InChI is InChI=1S/C15H26N4O/c1-9-12(16)18-14(15(3,4)5)19-13(9)17-8-11-6-7-20-10(11)2/h10-11H,6-8H2,1-5H3,(H3,16,17,18,19). The molecule has 5 nitrogen and oxygen atoms in total. The van der Waals surface area contributed by atoms with Crippen molar-refractivity contribution >= 4 is 11.6 Å². The van der Waals surface area contributed by atoms with Gasteiger partial charge in [0.25, 0.3) is 0 Å². The van der Waals surface area contributed by atoms with E-state index < -0.39 is 0 Å². The summed E-state index contributed by atoms with van der Waals surface area (Å²) in [5.74, 6) is 2.71. The van der Waals surface area contributed by atoms with Gasteiger partial charge < -0.3 is 15.8 Å². The molecule has 1 aliphatic rings. The largest absolute Gasteiger partial charge is 0.383 e. The molecule has 1 aromatic rings. The van der Waals surface area contributed by atoms with E-state index in [9.17, 15) is 0 Å². The zero-order valence-corrected chi connectivity index (χ0v) is 13.2. The third kappa shape index (κ3) is 3.20. The molecule has 1 aliphatic heterocycles. The van der Waals surface area contributed by atoms with Crippen molar-refractivity contribution in [3.63, 3.8) is 0 Å². The Morgan fingerprint density at radius 3 is 2.60 bits per heavy atom. The number of aromatic nitrogens is 2. The van der Waals surface area contributed by atoms with E-state index >= 15 is 0 Å². The second-order valence-corrected chi connectivity index (χ2v) is 6.66. The van der Waals surface area contributed by atoms with Gasteiger partial charge in [-0.25, -0.2) is 9.97 Å². The maximum Gasteiger partial charge on any atom is 0.138 e. The number of nitrogens with two attached hydrogens (primary N) is 1. The predicted octanol–water partition coefficient (Wildman–Crippen LogP) is 2.50. The second kappa shape index (κ2) is 5.56. The fourth-order valence-electron chi connectivity index (χ4n) is 2.31. The number of anilines is 2. The molecule has 112 valence electrons. The van der Waals surface area contributed by atoms with E-state index in [0.717, 1.165) is 36.8 Å². The predicted molar refractivity (Wildman–Crippen MR) is 81.9 cm³/mol. The third-order valence-corrected chi connectivity index (χ3v) is 3.92. The molecule has 0 spiro atoms. The van der Waals surface area contributed by atoms with E-state index in [2.05, 4.69) is 43.0 Å². The van der Waals surface area contributed by atoms with Crippen LogP contribution < -0.4 is 11.1 Å². The first-order chi connectivity index (χ1) is 9.29. The fraction of sp³-hybridized carbons (Fsp3) is 0.733. The molecule has 0 radical (unpaired) electrons. The van der Waals surface area contributed by atoms with Gasteiger partial charge in [0.1, 0.15) is 17.5 Å². The number of nitrogen functional groups attached to an aromatic ring is 1. The fourth-order valence-corrected chi connectivity index (χ4v) is 2.31. The van der Waals surface area contributed by atoms with Gasteiger partial charge in [0.2, 0.25) is 0 Å². The number of ether oxygens (including phenoxy) is 1. The summed E-state index contributed by atoms with van der Waals surface area (Å²) in [7, 11) is 0. The monoisotopic (exact) mass is 278 g/mol. The van der Waals surface area contributed by atoms with Crippen LogP contribution in [0, 0.1) is 12.8 Å². The van der Waals surface area contributed by atoms with Crippen molar-refractivity contribution in [1.82, 2.24) is 9.97 Å². The number of rotatable bonds is 3. The molecule has 0 aliphatic carbocycles. The van der Waals surface area contributed by atoms with Gasteiger partial charge in [-0.2, -0.15) is 0 Å². The van der Waals surface area contributed by atoms with Gasteiger partial charge in [0.05, 0.1) is 6.10 Å². The highest BCUT2D eigenvalue weighted by Gasteiger charge is 2.25. The van der Waals surface area contributed by atoms with Gasteiger partial charge in [-0.15, -0.1) is 0 Å². The average Bonchev–Trinajstić information content (AvgIpc) is 2.75. The quantitative estimate of drug-likeness (QED) is 0.888. The van der Waals surface area contributed by atoms with Gasteiger partial charge in [-0.1, -0.05) is 20.8 Å². The van der Waals surface area contributed by atoms with Crippen LogP contribution in [0.1, 0.15) is 45.5 Å². The topological polar surface area (TPSA) is 73.1 Å². The van der Waals surface area contributed by atoms with E-state index in [-0.39, 0.29) is 5.41 Å². The van der Waals surface area contributed by atoms with Crippen molar-refractivity contribution in [2.75, 3.05) is 24.2 Å². The molecule has 2 atom stereocenters. The Labute approximate surface area is 121 Å². The third-order valence-electron chi connectivity index (χ3n) is 3.92. The van der Waals surface area contributed by atoms with E-state index in [1.165, 1.54) is 0 Å². The van der Waals surface area contributed by atoms with Crippen LogP contribution in [0.25, 0.3) is 0 Å². The molecule has 0 amide bonds. The van der Waals surface area contributed by atoms with Gasteiger partial charge in [0.15, 0.2) is 0 Å². The molecule has 1 aromatic heterocycles. The van der Waals surface area contributed by atoms with Crippen molar-refractivity contribution in [1.29, 1.82) is 0 Å². The Kier molecular flexibility index (Phi) is 4.18. The lowest BCUT2D eigenvalue weighted by Gasteiger charge is -2.21. The first-order valence-corrected chi connectivity index (χ1v) is 7.29. The summed E-state index contributed by atoms with van der Waals surface area (Å²) in [6, 6.07) is 0. The highest BCUT2D eigenvalue weighted by Crippen LogP contribution is 2.26. The molecule has 0 bridgehead atoms. The molecule has 2 rings (SSSR count). The van der Waals surface area contributed by atoms with Crippen LogP contribution in [0.2, 0.25) is 0 Å². The van der Waals surface area contributed by atoms with Crippen LogP contribution in [0.4, 0.5) is 11.6 Å². The van der Waals surface area contributed by atoms with Crippen LogP contribution in [-0.2, 0) is 10.2 Å². The maximum atomic E-state index is 6.01. The summed E-state index contributed by atoms with van der Waals surface area (Å²) < 4.78 is 5.59. The summed E-state index contributed by atoms with van der Waals surface area (Å²) >= 11 is 0. The SMILES string of the molecule is Cc1c(N)nc(C(C)(C)C)nc1NCC1CCOC1C. The number of hydrogen-bond acceptors (Lipinski definition) is 5. The van der Waals surface area contributed by atoms with E-state index in [4.69, 9.17) is 10.5 Å². The lowest BCUT2D eigenvalue weighted by molar-refractivity contribution is 0.108. The van der Waals surface area contributed by atoms with Crippen LogP contribution >= 0.6 is 0 Å². The number of nitrogens with one attached hydrogen (secondary N) is 1. The second-order valence-electron chi connectivity index (χ2n) is 6.66. The highest BCUT2D eigenvalue weighted by atomic mass is 16.5. The minimum Gasteiger partial charge on any atom is -0.383 e.